The van der Waals surface area contributed by atoms with Crippen LogP contribution in [0.3, 0.4) is 0 Å². The van der Waals surface area contributed by atoms with Crippen LogP contribution < -0.4 is 4.90 Å². The number of benzene rings is 8. The van der Waals surface area contributed by atoms with E-state index >= 15 is 0 Å². The van der Waals surface area contributed by atoms with Crippen molar-refractivity contribution < 1.29 is 8.83 Å². The van der Waals surface area contributed by atoms with Gasteiger partial charge in [-0.05, 0) is 70.8 Å². The second-order valence-electron chi connectivity index (χ2n) is 12.9. The minimum atomic E-state index is 0.856. The van der Waals surface area contributed by atoms with Gasteiger partial charge in [-0.25, -0.2) is 0 Å². The van der Waals surface area contributed by atoms with Crippen molar-refractivity contribution in [2.45, 2.75) is 0 Å². The third-order valence-corrected chi connectivity index (χ3v) is 9.85. The molecule has 10 aromatic rings. The molecule has 0 saturated heterocycles. The largest absolute Gasteiger partial charge is 0.456 e. The molecular formula is C48H31NO2. The summed E-state index contributed by atoms with van der Waals surface area (Å²) in [5.74, 6) is 0. The average molecular weight is 654 g/mol. The Labute approximate surface area is 295 Å². The van der Waals surface area contributed by atoms with Gasteiger partial charge in [0.05, 0.1) is 0 Å². The molecule has 0 amide bonds. The maximum absolute atomic E-state index is 7.02. The van der Waals surface area contributed by atoms with Gasteiger partial charge in [-0.2, -0.15) is 0 Å². The SMILES string of the molecule is c1ccc(-c2ccc(N(c3ccccc3)c3cccc(-c4cccc5c4oc4c(-c6ccccc6)c6c(cc45)oc4ccccc46)c3)cc2)cc1. The molecule has 0 unspecified atom stereocenters. The van der Waals surface area contributed by atoms with E-state index in [0.717, 1.165) is 83.2 Å². The van der Waals surface area contributed by atoms with Crippen LogP contribution in [0.5, 0.6) is 0 Å². The molecule has 0 aliphatic rings. The Morgan fingerprint density at radius 1 is 0.333 bits per heavy atom. The van der Waals surface area contributed by atoms with E-state index in [9.17, 15) is 0 Å². The lowest BCUT2D eigenvalue weighted by atomic mass is 9.96. The highest BCUT2D eigenvalue weighted by Crippen LogP contribution is 2.47. The van der Waals surface area contributed by atoms with Gasteiger partial charge in [0.2, 0.25) is 0 Å². The number of nitrogens with zero attached hydrogens (tertiary/aromatic N) is 1. The highest BCUT2D eigenvalue weighted by molar-refractivity contribution is 6.24. The molecule has 2 aromatic heterocycles. The fraction of sp³-hybridized carbons (Fsp3) is 0. The van der Waals surface area contributed by atoms with Gasteiger partial charge in [0.1, 0.15) is 22.3 Å². The first kappa shape index (κ1) is 29.1. The highest BCUT2D eigenvalue weighted by Gasteiger charge is 2.22. The summed E-state index contributed by atoms with van der Waals surface area (Å²) in [5, 5.41) is 4.25. The summed E-state index contributed by atoms with van der Waals surface area (Å²) >= 11 is 0. The van der Waals surface area contributed by atoms with Crippen molar-refractivity contribution in [3.8, 4) is 33.4 Å². The van der Waals surface area contributed by atoms with Crippen molar-refractivity contribution in [3.63, 3.8) is 0 Å². The predicted molar refractivity (Wildman–Crippen MR) is 212 cm³/mol. The van der Waals surface area contributed by atoms with Crippen molar-refractivity contribution in [2.24, 2.45) is 0 Å². The van der Waals surface area contributed by atoms with Gasteiger partial charge in [0.15, 0.2) is 0 Å². The molecule has 2 heterocycles. The number of rotatable bonds is 6. The van der Waals surface area contributed by atoms with Crippen LogP contribution >= 0.6 is 0 Å². The second-order valence-corrected chi connectivity index (χ2v) is 12.9. The predicted octanol–water partition coefficient (Wildman–Crippen LogP) is 14.0. The lowest BCUT2D eigenvalue weighted by Gasteiger charge is -2.26. The minimum Gasteiger partial charge on any atom is -0.456 e. The molecule has 3 nitrogen and oxygen atoms in total. The minimum absolute atomic E-state index is 0.856. The van der Waals surface area contributed by atoms with Gasteiger partial charge in [-0.3, -0.25) is 0 Å². The number of fused-ring (bicyclic) bond motifs is 6. The van der Waals surface area contributed by atoms with Gasteiger partial charge in [-0.1, -0.05) is 140 Å². The van der Waals surface area contributed by atoms with Crippen molar-refractivity contribution in [3.05, 3.63) is 188 Å². The Morgan fingerprint density at radius 2 is 0.922 bits per heavy atom. The van der Waals surface area contributed by atoms with Gasteiger partial charge < -0.3 is 13.7 Å². The van der Waals surface area contributed by atoms with E-state index in [1.807, 2.05) is 12.1 Å². The van der Waals surface area contributed by atoms with Crippen LogP contribution in [0.15, 0.2) is 197 Å². The third-order valence-electron chi connectivity index (χ3n) is 9.85. The molecule has 0 atom stereocenters. The molecule has 0 spiro atoms. The van der Waals surface area contributed by atoms with Crippen molar-refractivity contribution in [2.75, 3.05) is 4.90 Å². The average Bonchev–Trinajstić information content (AvgIpc) is 3.77. The van der Waals surface area contributed by atoms with E-state index in [0.29, 0.717) is 0 Å². The Bertz CT molecular complexity index is 2830. The molecule has 0 saturated carbocycles. The normalized spacial score (nSPS) is 11.5. The van der Waals surface area contributed by atoms with E-state index in [1.54, 1.807) is 0 Å². The summed E-state index contributed by atoms with van der Waals surface area (Å²) in [7, 11) is 0. The first-order chi connectivity index (χ1) is 25.3. The van der Waals surface area contributed by atoms with E-state index in [-0.39, 0.29) is 0 Å². The van der Waals surface area contributed by atoms with Crippen LogP contribution in [0.4, 0.5) is 17.1 Å². The maximum Gasteiger partial charge on any atom is 0.144 e. The Kier molecular flexibility index (Phi) is 6.81. The molecule has 0 fully saturated rings. The molecule has 8 aromatic carbocycles. The van der Waals surface area contributed by atoms with E-state index in [1.165, 1.54) is 11.1 Å². The lowest BCUT2D eigenvalue weighted by molar-refractivity contribution is 0.665. The zero-order chi connectivity index (χ0) is 33.7. The van der Waals surface area contributed by atoms with Gasteiger partial charge >= 0.3 is 0 Å². The van der Waals surface area contributed by atoms with Crippen LogP contribution in [0.1, 0.15) is 0 Å². The third kappa shape index (κ3) is 4.90. The molecule has 0 aliphatic heterocycles. The number of hydrogen-bond donors (Lipinski definition) is 0. The van der Waals surface area contributed by atoms with Crippen LogP contribution in [-0.4, -0.2) is 0 Å². The van der Waals surface area contributed by atoms with E-state index in [4.69, 9.17) is 8.83 Å². The highest BCUT2D eigenvalue weighted by atomic mass is 16.3. The molecule has 240 valence electrons. The Morgan fingerprint density at radius 3 is 1.71 bits per heavy atom. The van der Waals surface area contributed by atoms with E-state index < -0.39 is 0 Å². The van der Waals surface area contributed by atoms with Gasteiger partial charge in [-0.15, -0.1) is 0 Å². The number of hydrogen-bond acceptors (Lipinski definition) is 3. The van der Waals surface area contributed by atoms with Crippen LogP contribution in [0, 0.1) is 0 Å². The zero-order valence-electron chi connectivity index (χ0n) is 27.7. The van der Waals surface area contributed by atoms with E-state index in [2.05, 4.69) is 181 Å². The molecule has 0 radical (unpaired) electrons. The van der Waals surface area contributed by atoms with Crippen LogP contribution in [-0.2, 0) is 0 Å². The molecule has 0 bridgehead atoms. The number of furan rings is 2. The molecule has 51 heavy (non-hydrogen) atoms. The first-order valence-corrected chi connectivity index (χ1v) is 17.3. The summed E-state index contributed by atoms with van der Waals surface area (Å²) in [6, 6.07) is 65.9. The number of para-hydroxylation sites is 3. The maximum atomic E-state index is 7.02. The monoisotopic (exact) mass is 653 g/mol. The summed E-state index contributed by atoms with van der Waals surface area (Å²) in [5.41, 5.74) is 13.3. The van der Waals surface area contributed by atoms with Crippen molar-refractivity contribution >= 4 is 60.9 Å². The zero-order valence-corrected chi connectivity index (χ0v) is 27.7. The van der Waals surface area contributed by atoms with Gasteiger partial charge in [0, 0.05) is 49.7 Å². The van der Waals surface area contributed by atoms with Crippen molar-refractivity contribution in [1.82, 2.24) is 0 Å². The molecule has 0 N–H and O–H groups in total. The lowest BCUT2D eigenvalue weighted by Crippen LogP contribution is -2.09. The Balaban J connectivity index is 1.15. The molecule has 0 aliphatic carbocycles. The number of anilines is 3. The molecular weight excluding hydrogens is 623 g/mol. The van der Waals surface area contributed by atoms with Crippen LogP contribution in [0.25, 0.3) is 77.3 Å². The standard InChI is InChI=1S/C48H31NO2/c1-4-14-32(15-5-1)33-26-28-37(29-27-33)49(36-19-8-3-9-20-36)38-21-12-18-35(30-38)39-23-13-24-40-42-31-44-46(41-22-10-11-25-43(41)50-44)45(48(42)51-47(39)40)34-16-6-2-7-17-34/h1-31H. The smallest absolute Gasteiger partial charge is 0.144 e. The summed E-state index contributed by atoms with van der Waals surface area (Å²) in [4.78, 5) is 2.31. The van der Waals surface area contributed by atoms with Crippen LogP contribution in [0.2, 0.25) is 0 Å². The van der Waals surface area contributed by atoms with Gasteiger partial charge in [0.25, 0.3) is 0 Å². The topological polar surface area (TPSA) is 29.5 Å². The second kappa shape index (κ2) is 11.9. The van der Waals surface area contributed by atoms with Crippen molar-refractivity contribution in [1.29, 1.82) is 0 Å². The summed E-state index contributed by atoms with van der Waals surface area (Å²) in [6.07, 6.45) is 0. The summed E-state index contributed by atoms with van der Waals surface area (Å²) in [6.45, 7) is 0. The summed E-state index contributed by atoms with van der Waals surface area (Å²) < 4.78 is 13.5. The quantitative estimate of drug-likeness (QED) is 0.179. The first-order valence-electron chi connectivity index (χ1n) is 17.3. The fourth-order valence-electron chi connectivity index (χ4n) is 7.51. The fourth-order valence-corrected chi connectivity index (χ4v) is 7.51. The Hall–Kier alpha value is -6.84. The molecule has 3 heteroatoms. The molecule has 10 rings (SSSR count).